The van der Waals surface area contributed by atoms with Gasteiger partial charge in [0, 0.05) is 20.6 Å². The van der Waals surface area contributed by atoms with E-state index in [0.29, 0.717) is 13.0 Å². The molecule has 0 aromatic heterocycles. The second-order valence-electron chi connectivity index (χ2n) is 5.14. The summed E-state index contributed by atoms with van der Waals surface area (Å²) in [6.45, 7) is 4.29. The smallest absolute Gasteiger partial charge is 0.160 e. The largest absolute Gasteiger partial charge is 0.497 e. The van der Waals surface area contributed by atoms with Gasteiger partial charge >= 0.3 is 0 Å². The molecular weight excluding hydrogens is 284 g/mol. The van der Waals surface area contributed by atoms with Gasteiger partial charge in [-0.3, -0.25) is 0 Å². The Kier molecular flexibility index (Phi) is 6.39. The molecule has 1 aromatic carbocycles. The van der Waals surface area contributed by atoms with E-state index in [1.165, 1.54) is 0 Å². The predicted molar refractivity (Wildman–Crippen MR) is 82.9 cm³/mol. The molecule has 0 radical (unpaired) electrons. The third-order valence-corrected chi connectivity index (χ3v) is 3.81. The summed E-state index contributed by atoms with van der Waals surface area (Å²) in [5.74, 6) is 0.829. The van der Waals surface area contributed by atoms with Crippen molar-refractivity contribution < 1.29 is 23.7 Å². The van der Waals surface area contributed by atoms with Crippen LogP contribution < -0.4 is 4.74 Å². The van der Waals surface area contributed by atoms with E-state index in [4.69, 9.17) is 23.7 Å². The number of benzene rings is 1. The molecule has 0 unspecified atom stereocenters. The first-order valence-electron chi connectivity index (χ1n) is 7.30. The van der Waals surface area contributed by atoms with E-state index in [2.05, 4.69) is 6.58 Å². The van der Waals surface area contributed by atoms with E-state index in [1.54, 1.807) is 27.4 Å². The number of rotatable bonds is 7. The molecule has 122 valence electrons. The maximum absolute atomic E-state index is 6.04. The molecule has 2 rings (SSSR count). The fourth-order valence-corrected chi connectivity index (χ4v) is 2.56. The van der Waals surface area contributed by atoms with Crippen LogP contribution in [0, 0.1) is 0 Å². The van der Waals surface area contributed by atoms with Crippen LogP contribution in [0.5, 0.6) is 5.75 Å². The Hall–Kier alpha value is -1.40. The Morgan fingerprint density at radius 1 is 1.18 bits per heavy atom. The predicted octanol–water partition coefficient (Wildman–Crippen LogP) is 2.54. The highest BCUT2D eigenvalue weighted by Crippen LogP contribution is 2.27. The molecule has 0 spiro atoms. The first kappa shape index (κ1) is 17.0. The summed E-state index contributed by atoms with van der Waals surface area (Å²) in [5.41, 5.74) is 1.08. The average molecular weight is 308 g/mol. The van der Waals surface area contributed by atoms with Crippen LogP contribution in [0.3, 0.4) is 0 Å². The third kappa shape index (κ3) is 4.08. The molecule has 1 aliphatic rings. The summed E-state index contributed by atoms with van der Waals surface area (Å²) in [6, 6.07) is 7.81. The van der Waals surface area contributed by atoms with Gasteiger partial charge in [-0.25, -0.2) is 0 Å². The minimum atomic E-state index is -0.310. The number of hydrogen-bond donors (Lipinski definition) is 0. The van der Waals surface area contributed by atoms with E-state index < -0.39 is 0 Å². The zero-order valence-electron chi connectivity index (χ0n) is 13.4. The minimum Gasteiger partial charge on any atom is -0.497 e. The summed E-state index contributed by atoms with van der Waals surface area (Å²) >= 11 is 0. The van der Waals surface area contributed by atoms with E-state index in [-0.39, 0.29) is 24.6 Å². The van der Waals surface area contributed by atoms with Crippen molar-refractivity contribution in [3.8, 4) is 5.75 Å². The monoisotopic (exact) mass is 308 g/mol. The fraction of sp³-hybridized carbons (Fsp3) is 0.529. The number of ether oxygens (including phenoxy) is 5. The lowest BCUT2D eigenvalue weighted by atomic mass is 10.0. The van der Waals surface area contributed by atoms with Crippen LogP contribution in [-0.2, 0) is 25.6 Å². The summed E-state index contributed by atoms with van der Waals surface area (Å²) in [5, 5.41) is 0. The van der Waals surface area contributed by atoms with Crippen LogP contribution in [0.2, 0.25) is 0 Å². The van der Waals surface area contributed by atoms with Crippen molar-refractivity contribution in [3.05, 3.63) is 42.5 Å². The molecule has 5 heteroatoms. The maximum Gasteiger partial charge on any atom is 0.160 e. The Balaban J connectivity index is 1.99. The van der Waals surface area contributed by atoms with Gasteiger partial charge in [0.05, 0.1) is 19.8 Å². The first-order valence-corrected chi connectivity index (χ1v) is 7.30. The Morgan fingerprint density at radius 3 is 2.45 bits per heavy atom. The van der Waals surface area contributed by atoms with Crippen LogP contribution >= 0.6 is 0 Å². The lowest BCUT2D eigenvalue weighted by Crippen LogP contribution is -2.49. The van der Waals surface area contributed by atoms with Gasteiger partial charge in [-0.15, -0.1) is 6.58 Å². The molecule has 0 bridgehead atoms. The average Bonchev–Trinajstić information content (AvgIpc) is 2.59. The van der Waals surface area contributed by atoms with Crippen molar-refractivity contribution in [1.82, 2.24) is 0 Å². The molecule has 1 aromatic rings. The van der Waals surface area contributed by atoms with E-state index in [9.17, 15) is 0 Å². The zero-order chi connectivity index (χ0) is 15.9. The van der Waals surface area contributed by atoms with Crippen molar-refractivity contribution in [3.63, 3.8) is 0 Å². The van der Waals surface area contributed by atoms with Crippen molar-refractivity contribution in [2.24, 2.45) is 0 Å². The van der Waals surface area contributed by atoms with E-state index in [0.717, 1.165) is 11.3 Å². The van der Waals surface area contributed by atoms with Crippen molar-refractivity contribution in [2.75, 3.05) is 21.3 Å². The van der Waals surface area contributed by atoms with Gasteiger partial charge in [0.2, 0.25) is 0 Å². The number of methoxy groups -OCH3 is 3. The quantitative estimate of drug-likeness (QED) is 0.724. The second kappa shape index (κ2) is 8.29. The summed E-state index contributed by atoms with van der Waals surface area (Å²) in [4.78, 5) is 0. The summed E-state index contributed by atoms with van der Waals surface area (Å²) in [7, 11) is 4.93. The highest BCUT2D eigenvalue weighted by atomic mass is 16.7. The molecule has 4 atom stereocenters. The maximum atomic E-state index is 6.04. The molecule has 22 heavy (non-hydrogen) atoms. The molecule has 1 aliphatic heterocycles. The molecular formula is C17H24O5. The second-order valence-corrected chi connectivity index (χ2v) is 5.14. The highest BCUT2D eigenvalue weighted by Gasteiger charge is 2.38. The topological polar surface area (TPSA) is 46.2 Å². The molecule has 0 N–H and O–H groups in total. The number of hydrogen-bond acceptors (Lipinski definition) is 5. The van der Waals surface area contributed by atoms with Crippen molar-refractivity contribution >= 4 is 0 Å². The minimum absolute atomic E-state index is 0.117. The molecule has 0 amide bonds. The van der Waals surface area contributed by atoms with Gasteiger partial charge < -0.3 is 23.7 Å². The SMILES string of the molecule is C=C[C@H]1O[C@H](OC)C[C@@H](OCc2ccc(OC)cc2)[C@@H]1OC. The van der Waals surface area contributed by atoms with Gasteiger partial charge in [-0.2, -0.15) is 0 Å². The molecule has 0 aliphatic carbocycles. The van der Waals surface area contributed by atoms with Crippen LogP contribution in [0.1, 0.15) is 12.0 Å². The van der Waals surface area contributed by atoms with Crippen LogP contribution in [0.15, 0.2) is 36.9 Å². The standard InChI is InChI=1S/C17H24O5/c1-5-14-17(20-4)15(10-16(19-3)22-14)21-11-12-6-8-13(18-2)9-7-12/h5-9,14-17H,1,10-11H2,2-4H3/t14-,15-,16+,17-/m1/s1. The first-order chi connectivity index (χ1) is 10.7. The van der Waals surface area contributed by atoms with E-state index >= 15 is 0 Å². The van der Waals surface area contributed by atoms with Gasteiger partial charge in [0.15, 0.2) is 6.29 Å². The Morgan fingerprint density at radius 2 is 1.91 bits per heavy atom. The molecule has 1 saturated heterocycles. The zero-order valence-corrected chi connectivity index (χ0v) is 13.4. The molecule has 5 nitrogen and oxygen atoms in total. The van der Waals surface area contributed by atoms with Crippen molar-refractivity contribution in [2.45, 2.75) is 37.6 Å². The lowest BCUT2D eigenvalue weighted by Gasteiger charge is -2.39. The Bertz CT molecular complexity index is 459. The normalized spacial score (nSPS) is 28.3. The lowest BCUT2D eigenvalue weighted by molar-refractivity contribution is -0.245. The van der Waals surface area contributed by atoms with Crippen molar-refractivity contribution in [1.29, 1.82) is 0 Å². The third-order valence-electron chi connectivity index (χ3n) is 3.81. The van der Waals surface area contributed by atoms with Gasteiger partial charge in [-0.1, -0.05) is 18.2 Å². The molecule has 0 saturated carbocycles. The molecule has 1 fully saturated rings. The fourth-order valence-electron chi connectivity index (χ4n) is 2.56. The summed E-state index contributed by atoms with van der Waals surface area (Å²) in [6.07, 6.45) is 1.48. The Labute approximate surface area is 131 Å². The van der Waals surface area contributed by atoms with E-state index in [1.807, 2.05) is 24.3 Å². The summed E-state index contributed by atoms with van der Waals surface area (Å²) < 4.78 is 27.8. The van der Waals surface area contributed by atoms with Crippen LogP contribution in [-0.4, -0.2) is 45.9 Å². The molecule has 1 heterocycles. The van der Waals surface area contributed by atoms with Gasteiger partial charge in [0.25, 0.3) is 0 Å². The van der Waals surface area contributed by atoms with Gasteiger partial charge in [-0.05, 0) is 17.7 Å². The van der Waals surface area contributed by atoms with Crippen LogP contribution in [0.25, 0.3) is 0 Å². The van der Waals surface area contributed by atoms with Gasteiger partial charge in [0.1, 0.15) is 18.0 Å². The highest BCUT2D eigenvalue weighted by molar-refractivity contribution is 5.26. The van der Waals surface area contributed by atoms with Crippen LogP contribution in [0.4, 0.5) is 0 Å².